The summed E-state index contributed by atoms with van der Waals surface area (Å²) in [4.78, 5) is 16.4. The molecule has 0 spiro atoms. The number of nitrogens with one attached hydrogen (secondary N) is 1. The molecular weight excluding hydrogens is 236 g/mol. The highest BCUT2D eigenvalue weighted by Gasteiger charge is 2.11. The number of hydrogen-bond acceptors (Lipinski definition) is 3. The maximum atomic E-state index is 12.1. The van der Waals surface area contributed by atoms with Crippen LogP contribution >= 0.6 is 0 Å². The van der Waals surface area contributed by atoms with E-state index in [0.717, 1.165) is 10.9 Å². The quantitative estimate of drug-likeness (QED) is 0.854. The Hall–Kier alpha value is -1.74. The van der Waals surface area contributed by atoms with Crippen LogP contribution in [0.15, 0.2) is 36.5 Å². The van der Waals surface area contributed by atoms with E-state index in [-0.39, 0.29) is 11.3 Å². The highest BCUT2D eigenvalue weighted by molar-refractivity contribution is 5.98. The highest BCUT2D eigenvalue weighted by Crippen LogP contribution is 2.13. The molecule has 0 unspecified atom stereocenters. The number of aromatic nitrogens is 1. The predicted octanol–water partition coefficient (Wildman–Crippen LogP) is 3.20. The van der Waals surface area contributed by atoms with Crippen LogP contribution in [0, 0.1) is 0 Å². The van der Waals surface area contributed by atoms with Crippen molar-refractivity contribution in [1.82, 2.24) is 10.3 Å². The van der Waals surface area contributed by atoms with Gasteiger partial charge in [0, 0.05) is 35.7 Å². The molecule has 19 heavy (non-hydrogen) atoms. The molecule has 3 heteroatoms. The predicted molar refractivity (Wildman–Crippen MR) is 78.4 cm³/mol. The molecule has 0 aliphatic rings. The van der Waals surface area contributed by atoms with E-state index in [0.29, 0.717) is 18.5 Å². The number of para-hydroxylation sites is 1. The Labute approximate surface area is 114 Å². The van der Waals surface area contributed by atoms with Gasteiger partial charge in [-0.15, -0.1) is 0 Å². The molecule has 1 N–H and O–H groups in total. The third-order valence-electron chi connectivity index (χ3n) is 2.92. The Bertz CT molecular complexity index is 585. The monoisotopic (exact) mass is 256 g/mol. The number of fused-ring (bicyclic) bond motifs is 1. The van der Waals surface area contributed by atoms with Gasteiger partial charge in [-0.1, -0.05) is 18.2 Å². The van der Waals surface area contributed by atoms with Gasteiger partial charge < -0.3 is 5.32 Å². The Kier molecular flexibility index (Phi) is 3.96. The third kappa shape index (κ3) is 3.86. The van der Waals surface area contributed by atoms with Crippen LogP contribution in [0.1, 0.15) is 37.6 Å². The second kappa shape index (κ2) is 5.49. The summed E-state index contributed by atoms with van der Waals surface area (Å²) in [5, 5.41) is 4.33. The lowest BCUT2D eigenvalue weighted by atomic mass is 10.1. The Morgan fingerprint density at radius 1 is 1.26 bits per heavy atom. The van der Waals surface area contributed by atoms with Crippen LogP contribution in [-0.2, 0) is 0 Å². The molecule has 0 saturated heterocycles. The molecule has 0 bridgehead atoms. The fraction of sp³-hybridized carbons (Fsp3) is 0.375. The summed E-state index contributed by atoms with van der Waals surface area (Å²) in [7, 11) is 0. The van der Waals surface area contributed by atoms with E-state index in [1.807, 2.05) is 30.3 Å². The molecule has 1 aromatic carbocycles. The van der Waals surface area contributed by atoms with E-state index < -0.39 is 0 Å². The summed E-state index contributed by atoms with van der Waals surface area (Å²) >= 11 is 0. The summed E-state index contributed by atoms with van der Waals surface area (Å²) in [5.74, 6) is 0.134. The van der Waals surface area contributed by atoms with Crippen LogP contribution in [0.2, 0.25) is 0 Å². The molecule has 0 fully saturated rings. The molecule has 2 aromatic rings. The average Bonchev–Trinajstić information content (AvgIpc) is 2.36. The molecule has 0 aliphatic heterocycles. The van der Waals surface area contributed by atoms with Crippen molar-refractivity contribution >= 4 is 16.7 Å². The van der Waals surface area contributed by atoms with Crippen molar-refractivity contribution < 1.29 is 4.79 Å². The van der Waals surface area contributed by atoms with Crippen LogP contribution in [0.25, 0.3) is 10.9 Å². The number of carbonyl (C=O) groups is 1. The van der Waals surface area contributed by atoms with Gasteiger partial charge in [0.1, 0.15) is 0 Å². The lowest BCUT2D eigenvalue weighted by molar-refractivity contribution is 0.0980. The second-order valence-electron chi connectivity index (χ2n) is 5.77. The lowest BCUT2D eigenvalue weighted by Gasteiger charge is -2.20. The first-order valence-electron chi connectivity index (χ1n) is 6.59. The number of nitrogens with zero attached hydrogens (tertiary/aromatic N) is 1. The van der Waals surface area contributed by atoms with Crippen LogP contribution in [0.5, 0.6) is 0 Å². The summed E-state index contributed by atoms with van der Waals surface area (Å²) in [6.07, 6.45) is 2.17. The minimum Gasteiger partial charge on any atom is -0.312 e. The number of carbonyl (C=O) groups excluding carboxylic acids is 1. The molecule has 100 valence electrons. The van der Waals surface area contributed by atoms with Crippen molar-refractivity contribution in [3.63, 3.8) is 0 Å². The first kappa shape index (κ1) is 13.7. The summed E-state index contributed by atoms with van der Waals surface area (Å²) in [5.41, 5.74) is 1.66. The number of benzene rings is 1. The lowest BCUT2D eigenvalue weighted by Crippen LogP contribution is -2.37. The number of Topliss-reactive ketones (excluding diaryl/α,β-unsaturated/α-hetero) is 1. The zero-order chi connectivity index (χ0) is 13.9. The van der Waals surface area contributed by atoms with E-state index in [2.05, 4.69) is 31.1 Å². The molecule has 0 radical (unpaired) electrons. The van der Waals surface area contributed by atoms with Crippen LogP contribution in [0.4, 0.5) is 0 Å². The number of rotatable bonds is 4. The minimum atomic E-state index is 0.0436. The minimum absolute atomic E-state index is 0.0436. The van der Waals surface area contributed by atoms with Crippen molar-refractivity contribution in [3.8, 4) is 0 Å². The molecule has 0 aliphatic carbocycles. The Balaban J connectivity index is 2.05. The van der Waals surface area contributed by atoms with E-state index in [4.69, 9.17) is 0 Å². The number of hydrogen-bond donors (Lipinski definition) is 1. The molecule has 1 aromatic heterocycles. The first-order chi connectivity index (χ1) is 8.96. The van der Waals surface area contributed by atoms with Crippen molar-refractivity contribution in [1.29, 1.82) is 0 Å². The molecule has 0 saturated carbocycles. The van der Waals surface area contributed by atoms with E-state index in [9.17, 15) is 4.79 Å². The normalized spacial score (nSPS) is 11.7. The molecule has 1 heterocycles. The van der Waals surface area contributed by atoms with Crippen molar-refractivity contribution in [3.05, 3.63) is 42.1 Å². The van der Waals surface area contributed by atoms with Crippen molar-refractivity contribution in [2.75, 3.05) is 6.54 Å². The van der Waals surface area contributed by atoms with Crippen LogP contribution in [0.3, 0.4) is 0 Å². The van der Waals surface area contributed by atoms with Gasteiger partial charge in [-0.2, -0.15) is 0 Å². The van der Waals surface area contributed by atoms with Gasteiger partial charge in [-0.25, -0.2) is 0 Å². The topological polar surface area (TPSA) is 42.0 Å². The number of ketones is 1. The molecule has 2 rings (SSSR count). The Morgan fingerprint density at radius 2 is 2.00 bits per heavy atom. The standard InChI is InChI=1S/C16H20N2O/c1-16(2,3)18-9-8-15(19)13-10-12-6-4-5-7-14(12)17-11-13/h4-7,10-11,18H,8-9H2,1-3H3. The SMILES string of the molecule is CC(C)(C)NCCC(=O)c1cnc2ccccc2c1. The Morgan fingerprint density at radius 3 is 2.74 bits per heavy atom. The average molecular weight is 256 g/mol. The van der Waals surface area contributed by atoms with Crippen LogP contribution < -0.4 is 5.32 Å². The molecular formula is C16H20N2O. The molecule has 3 nitrogen and oxygen atoms in total. The van der Waals surface area contributed by atoms with Gasteiger partial charge in [-0.3, -0.25) is 9.78 Å². The third-order valence-corrected chi connectivity index (χ3v) is 2.92. The fourth-order valence-corrected chi connectivity index (χ4v) is 1.92. The molecule has 0 atom stereocenters. The van der Waals surface area contributed by atoms with Gasteiger partial charge in [0.2, 0.25) is 0 Å². The van der Waals surface area contributed by atoms with Crippen molar-refractivity contribution in [2.24, 2.45) is 0 Å². The highest BCUT2D eigenvalue weighted by atomic mass is 16.1. The smallest absolute Gasteiger partial charge is 0.165 e. The maximum Gasteiger partial charge on any atom is 0.165 e. The summed E-state index contributed by atoms with van der Waals surface area (Å²) < 4.78 is 0. The summed E-state index contributed by atoms with van der Waals surface area (Å²) in [6.45, 7) is 6.97. The van der Waals surface area contributed by atoms with Gasteiger partial charge >= 0.3 is 0 Å². The van der Waals surface area contributed by atoms with E-state index >= 15 is 0 Å². The first-order valence-corrected chi connectivity index (χ1v) is 6.59. The van der Waals surface area contributed by atoms with Gasteiger partial charge in [0.05, 0.1) is 5.52 Å². The van der Waals surface area contributed by atoms with Crippen LogP contribution in [-0.4, -0.2) is 22.9 Å². The zero-order valence-corrected chi connectivity index (χ0v) is 11.7. The summed E-state index contributed by atoms with van der Waals surface area (Å²) in [6, 6.07) is 9.75. The van der Waals surface area contributed by atoms with E-state index in [1.165, 1.54) is 0 Å². The zero-order valence-electron chi connectivity index (χ0n) is 11.7. The maximum absolute atomic E-state index is 12.1. The van der Waals surface area contributed by atoms with Gasteiger partial charge in [0.25, 0.3) is 0 Å². The van der Waals surface area contributed by atoms with Crippen molar-refractivity contribution in [2.45, 2.75) is 32.7 Å². The second-order valence-corrected chi connectivity index (χ2v) is 5.77. The number of pyridine rings is 1. The largest absolute Gasteiger partial charge is 0.312 e. The molecule has 0 amide bonds. The fourth-order valence-electron chi connectivity index (χ4n) is 1.92. The van der Waals surface area contributed by atoms with Gasteiger partial charge in [0.15, 0.2) is 5.78 Å². The van der Waals surface area contributed by atoms with E-state index in [1.54, 1.807) is 6.20 Å². The van der Waals surface area contributed by atoms with Gasteiger partial charge in [-0.05, 0) is 32.9 Å².